The van der Waals surface area contributed by atoms with Gasteiger partial charge in [-0.25, -0.2) is 0 Å². The van der Waals surface area contributed by atoms with Crippen molar-refractivity contribution in [3.05, 3.63) is 34.4 Å². The van der Waals surface area contributed by atoms with Crippen LogP contribution in [-0.4, -0.2) is 50.2 Å². The second-order valence-electron chi connectivity index (χ2n) is 5.81. The van der Waals surface area contributed by atoms with E-state index >= 15 is 0 Å². The number of rotatable bonds is 5. The van der Waals surface area contributed by atoms with Crippen LogP contribution in [0.5, 0.6) is 0 Å². The number of morpholine rings is 1. The highest BCUT2D eigenvalue weighted by Gasteiger charge is 2.12. The Hall–Kier alpha value is -1.39. The van der Waals surface area contributed by atoms with E-state index in [1.165, 1.54) is 11.1 Å². The molecule has 0 radical (unpaired) electrons. The number of nitrogens with zero attached hydrogens (tertiary/aromatic N) is 1. The van der Waals surface area contributed by atoms with Gasteiger partial charge in [0.2, 0.25) is 0 Å². The molecule has 1 amide bonds. The number of amides is 1. The minimum atomic E-state index is 0.0394. The average Bonchev–Trinajstić information content (AvgIpc) is 2.48. The highest BCUT2D eigenvalue weighted by molar-refractivity contribution is 5.95. The van der Waals surface area contributed by atoms with Crippen molar-refractivity contribution in [2.45, 2.75) is 27.2 Å². The van der Waals surface area contributed by atoms with Gasteiger partial charge in [-0.1, -0.05) is 6.07 Å². The third-order valence-corrected chi connectivity index (χ3v) is 4.13. The van der Waals surface area contributed by atoms with Crippen molar-refractivity contribution < 1.29 is 9.53 Å². The molecule has 1 saturated heterocycles. The van der Waals surface area contributed by atoms with E-state index in [9.17, 15) is 4.79 Å². The molecule has 1 aliphatic heterocycles. The Kier molecular flexibility index (Phi) is 5.76. The van der Waals surface area contributed by atoms with Crippen molar-refractivity contribution in [1.82, 2.24) is 10.2 Å². The molecule has 1 heterocycles. The lowest BCUT2D eigenvalue weighted by Crippen LogP contribution is -2.38. The van der Waals surface area contributed by atoms with Crippen molar-refractivity contribution in [1.29, 1.82) is 0 Å². The van der Waals surface area contributed by atoms with Gasteiger partial charge in [0, 0.05) is 25.2 Å². The van der Waals surface area contributed by atoms with E-state index in [2.05, 4.69) is 23.2 Å². The molecule has 4 heteroatoms. The molecule has 0 atom stereocenters. The lowest BCUT2D eigenvalue weighted by atomic mass is 10.0. The molecule has 1 fully saturated rings. The van der Waals surface area contributed by atoms with E-state index in [-0.39, 0.29) is 5.91 Å². The van der Waals surface area contributed by atoms with Crippen LogP contribution in [-0.2, 0) is 4.74 Å². The number of benzene rings is 1. The minimum absolute atomic E-state index is 0.0394. The zero-order valence-corrected chi connectivity index (χ0v) is 13.4. The highest BCUT2D eigenvalue weighted by atomic mass is 16.5. The predicted molar refractivity (Wildman–Crippen MR) is 84.9 cm³/mol. The minimum Gasteiger partial charge on any atom is -0.379 e. The van der Waals surface area contributed by atoms with Crippen LogP contribution in [0, 0.1) is 20.8 Å². The van der Waals surface area contributed by atoms with Crippen molar-refractivity contribution >= 4 is 5.91 Å². The number of ether oxygens (including phenoxy) is 1. The summed E-state index contributed by atoms with van der Waals surface area (Å²) >= 11 is 0. The molecule has 2 rings (SSSR count). The molecule has 0 unspecified atom stereocenters. The van der Waals surface area contributed by atoms with Crippen LogP contribution in [0.15, 0.2) is 12.1 Å². The van der Waals surface area contributed by atoms with Crippen LogP contribution in [0.4, 0.5) is 0 Å². The van der Waals surface area contributed by atoms with Gasteiger partial charge in [-0.05, 0) is 56.5 Å². The average molecular weight is 290 g/mol. The molecule has 4 nitrogen and oxygen atoms in total. The summed E-state index contributed by atoms with van der Waals surface area (Å²) in [4.78, 5) is 14.6. The van der Waals surface area contributed by atoms with E-state index in [0.29, 0.717) is 0 Å². The third kappa shape index (κ3) is 4.55. The Bertz CT molecular complexity index is 494. The standard InChI is InChI=1S/C17H26N2O2/c1-13-11-15(3)16(12-14(13)2)17(20)18-5-4-6-19-7-9-21-10-8-19/h11-12H,4-10H2,1-3H3,(H,18,20). The second-order valence-corrected chi connectivity index (χ2v) is 5.81. The van der Waals surface area contributed by atoms with E-state index in [4.69, 9.17) is 4.74 Å². The van der Waals surface area contributed by atoms with E-state index in [1.807, 2.05) is 19.9 Å². The maximum Gasteiger partial charge on any atom is 0.251 e. The van der Waals surface area contributed by atoms with Gasteiger partial charge in [0.15, 0.2) is 0 Å². The fraction of sp³-hybridized carbons (Fsp3) is 0.588. The highest BCUT2D eigenvalue weighted by Crippen LogP contribution is 2.15. The zero-order chi connectivity index (χ0) is 15.2. The molecule has 0 aliphatic carbocycles. The summed E-state index contributed by atoms with van der Waals surface area (Å²) in [5.41, 5.74) is 4.24. The molecule has 1 aliphatic rings. The number of aryl methyl sites for hydroxylation is 3. The molecular formula is C17H26N2O2. The fourth-order valence-electron chi connectivity index (χ4n) is 2.63. The summed E-state index contributed by atoms with van der Waals surface area (Å²) in [6.45, 7) is 11.5. The summed E-state index contributed by atoms with van der Waals surface area (Å²) in [6.07, 6.45) is 0.982. The SMILES string of the molecule is Cc1cc(C)c(C(=O)NCCCN2CCOCC2)cc1C. The summed E-state index contributed by atoms with van der Waals surface area (Å²) in [6, 6.07) is 4.07. The maximum atomic E-state index is 12.2. The van der Waals surface area contributed by atoms with Gasteiger partial charge in [0.05, 0.1) is 13.2 Å². The first-order valence-electron chi connectivity index (χ1n) is 7.74. The number of carbonyl (C=O) groups excluding carboxylic acids is 1. The fourth-order valence-corrected chi connectivity index (χ4v) is 2.63. The number of carbonyl (C=O) groups is 1. The summed E-state index contributed by atoms with van der Waals surface area (Å²) < 4.78 is 5.32. The number of hydrogen-bond acceptors (Lipinski definition) is 3. The lowest BCUT2D eigenvalue weighted by Gasteiger charge is -2.26. The Labute approximate surface area is 127 Å². The molecule has 0 bridgehead atoms. The van der Waals surface area contributed by atoms with Gasteiger partial charge in [-0.15, -0.1) is 0 Å². The van der Waals surface area contributed by atoms with Gasteiger partial charge in [0.25, 0.3) is 5.91 Å². The monoisotopic (exact) mass is 290 g/mol. The van der Waals surface area contributed by atoms with Gasteiger partial charge in [0.1, 0.15) is 0 Å². The van der Waals surface area contributed by atoms with Crippen molar-refractivity contribution in [2.24, 2.45) is 0 Å². The topological polar surface area (TPSA) is 41.6 Å². The molecule has 1 aromatic carbocycles. The van der Waals surface area contributed by atoms with Gasteiger partial charge in [-0.2, -0.15) is 0 Å². The van der Waals surface area contributed by atoms with Gasteiger partial charge in [-0.3, -0.25) is 9.69 Å². The molecule has 116 valence electrons. The predicted octanol–water partition coefficient (Wildman–Crippen LogP) is 2.06. The van der Waals surface area contributed by atoms with Crippen LogP contribution < -0.4 is 5.32 Å². The molecule has 21 heavy (non-hydrogen) atoms. The molecule has 1 N–H and O–H groups in total. The quantitative estimate of drug-likeness (QED) is 0.844. The van der Waals surface area contributed by atoms with Crippen LogP contribution in [0.1, 0.15) is 33.5 Å². The Morgan fingerprint density at radius 2 is 1.81 bits per heavy atom. The lowest BCUT2D eigenvalue weighted by molar-refractivity contribution is 0.0374. The maximum absolute atomic E-state index is 12.2. The van der Waals surface area contributed by atoms with Crippen molar-refractivity contribution in [3.63, 3.8) is 0 Å². The van der Waals surface area contributed by atoms with Crippen LogP contribution in [0.25, 0.3) is 0 Å². The summed E-state index contributed by atoms with van der Waals surface area (Å²) in [5, 5.41) is 3.03. The van der Waals surface area contributed by atoms with E-state index in [1.54, 1.807) is 0 Å². The smallest absolute Gasteiger partial charge is 0.251 e. The Morgan fingerprint density at radius 3 is 2.52 bits per heavy atom. The van der Waals surface area contributed by atoms with Crippen LogP contribution >= 0.6 is 0 Å². The van der Waals surface area contributed by atoms with Crippen LogP contribution in [0.3, 0.4) is 0 Å². The first-order chi connectivity index (χ1) is 10.1. The summed E-state index contributed by atoms with van der Waals surface area (Å²) in [5.74, 6) is 0.0394. The second kappa shape index (κ2) is 7.57. The third-order valence-electron chi connectivity index (χ3n) is 4.13. The first kappa shape index (κ1) is 16.0. The van der Waals surface area contributed by atoms with Crippen molar-refractivity contribution in [3.8, 4) is 0 Å². The van der Waals surface area contributed by atoms with E-state index in [0.717, 1.165) is 56.9 Å². The zero-order valence-electron chi connectivity index (χ0n) is 13.4. The van der Waals surface area contributed by atoms with E-state index < -0.39 is 0 Å². The molecule has 0 spiro atoms. The molecule has 0 aromatic heterocycles. The first-order valence-corrected chi connectivity index (χ1v) is 7.74. The van der Waals surface area contributed by atoms with Gasteiger partial charge < -0.3 is 10.1 Å². The molecule has 1 aromatic rings. The van der Waals surface area contributed by atoms with Crippen LogP contribution in [0.2, 0.25) is 0 Å². The normalized spacial score (nSPS) is 16.0. The summed E-state index contributed by atoms with van der Waals surface area (Å²) in [7, 11) is 0. The largest absolute Gasteiger partial charge is 0.379 e. The molecule has 0 saturated carbocycles. The van der Waals surface area contributed by atoms with Gasteiger partial charge >= 0.3 is 0 Å². The Balaban J connectivity index is 1.78. The number of nitrogens with one attached hydrogen (secondary N) is 1. The Morgan fingerprint density at radius 1 is 1.14 bits per heavy atom. The van der Waals surface area contributed by atoms with Crippen molar-refractivity contribution in [2.75, 3.05) is 39.4 Å². The number of hydrogen-bond donors (Lipinski definition) is 1. The molecular weight excluding hydrogens is 264 g/mol.